The Labute approximate surface area is 155 Å². The third-order valence-electron chi connectivity index (χ3n) is 7.23. The molecule has 0 amide bonds. The molecule has 4 aliphatic carbocycles. The van der Waals surface area contributed by atoms with Crippen molar-refractivity contribution in [1.29, 1.82) is 0 Å². The molecule has 0 atom stereocenters. The second-order valence-corrected chi connectivity index (χ2v) is 9.40. The van der Waals surface area contributed by atoms with Crippen LogP contribution in [-0.2, 0) is 16.7 Å². The summed E-state index contributed by atoms with van der Waals surface area (Å²) in [5, 5.41) is 7.92. The summed E-state index contributed by atoms with van der Waals surface area (Å²) in [5.74, 6) is 4.12. The van der Waals surface area contributed by atoms with Gasteiger partial charge in [0.15, 0.2) is 4.77 Å². The summed E-state index contributed by atoms with van der Waals surface area (Å²) in [4.78, 5) is 2.51. The van der Waals surface area contributed by atoms with Crippen molar-refractivity contribution in [3.63, 3.8) is 0 Å². The quantitative estimate of drug-likeness (QED) is 0.818. The molecule has 0 radical (unpaired) electrons. The first-order valence-electron chi connectivity index (χ1n) is 10.2. The van der Waals surface area contributed by atoms with Crippen molar-refractivity contribution in [3.05, 3.63) is 10.6 Å². The number of aromatic amines is 1. The van der Waals surface area contributed by atoms with E-state index < -0.39 is 0 Å². The van der Waals surface area contributed by atoms with Crippen LogP contribution < -0.4 is 0 Å². The number of H-pyrrole nitrogens is 1. The van der Waals surface area contributed by atoms with Crippen molar-refractivity contribution in [2.24, 2.45) is 17.8 Å². The van der Waals surface area contributed by atoms with Gasteiger partial charge in [0.2, 0.25) is 0 Å². The molecule has 0 spiro atoms. The summed E-state index contributed by atoms with van der Waals surface area (Å²) in [5.41, 5.74) is 0.321. The standard InChI is InChI=1S/C19H30N4OS/c25-18-21-20-17(23(18)3-1-2-22-4-6-24-7-5-22)19-11-14-8-15(12-19)10-16(9-14)13-19/h14-16H,1-13H2,(H,21,25). The average molecular weight is 363 g/mol. The highest BCUT2D eigenvalue weighted by Crippen LogP contribution is 2.60. The molecule has 25 heavy (non-hydrogen) atoms. The van der Waals surface area contributed by atoms with Gasteiger partial charge in [-0.1, -0.05) is 0 Å². The van der Waals surface area contributed by atoms with Crippen LogP contribution in [0, 0.1) is 22.5 Å². The number of nitrogens with one attached hydrogen (secondary N) is 1. The molecule has 1 aromatic heterocycles. The average Bonchev–Trinajstić information content (AvgIpc) is 2.96. The molecule has 2 heterocycles. The Morgan fingerprint density at radius 1 is 1.04 bits per heavy atom. The number of nitrogens with zero attached hydrogens (tertiary/aromatic N) is 3. The third kappa shape index (κ3) is 3.00. The molecule has 4 saturated carbocycles. The molecule has 0 unspecified atom stereocenters. The number of hydrogen-bond donors (Lipinski definition) is 1. The number of hydrogen-bond acceptors (Lipinski definition) is 4. The maximum atomic E-state index is 5.61. The monoisotopic (exact) mass is 362 g/mol. The minimum atomic E-state index is 0.321. The van der Waals surface area contributed by atoms with Crippen LogP contribution in [0.3, 0.4) is 0 Å². The Morgan fingerprint density at radius 3 is 2.32 bits per heavy atom. The molecular weight excluding hydrogens is 332 g/mol. The topological polar surface area (TPSA) is 46.1 Å². The third-order valence-corrected chi connectivity index (χ3v) is 7.54. The van der Waals surface area contributed by atoms with E-state index in [0.717, 1.165) is 68.3 Å². The maximum Gasteiger partial charge on any atom is 0.195 e. The first kappa shape index (κ1) is 16.5. The van der Waals surface area contributed by atoms with E-state index >= 15 is 0 Å². The van der Waals surface area contributed by atoms with Crippen LogP contribution in [0.2, 0.25) is 0 Å². The van der Waals surface area contributed by atoms with Crippen molar-refractivity contribution in [2.45, 2.75) is 56.9 Å². The van der Waals surface area contributed by atoms with E-state index in [1.807, 2.05) is 0 Å². The molecular formula is C19H30N4OS. The summed E-state index contributed by atoms with van der Waals surface area (Å²) < 4.78 is 8.63. The van der Waals surface area contributed by atoms with Crippen LogP contribution in [0.15, 0.2) is 0 Å². The maximum absolute atomic E-state index is 5.61. The van der Waals surface area contributed by atoms with E-state index in [2.05, 4.69) is 14.6 Å². The van der Waals surface area contributed by atoms with Gasteiger partial charge in [-0.3, -0.25) is 10.00 Å². The highest BCUT2D eigenvalue weighted by molar-refractivity contribution is 7.71. The number of ether oxygens (including phenoxy) is 1. The molecule has 1 N–H and O–H groups in total. The fourth-order valence-corrected chi connectivity index (χ4v) is 6.82. The van der Waals surface area contributed by atoms with Crippen LogP contribution >= 0.6 is 12.2 Å². The second-order valence-electron chi connectivity index (χ2n) is 9.01. The highest BCUT2D eigenvalue weighted by Gasteiger charge is 2.53. The van der Waals surface area contributed by atoms with Gasteiger partial charge in [0.1, 0.15) is 5.82 Å². The molecule has 5 aliphatic rings. The van der Waals surface area contributed by atoms with Gasteiger partial charge < -0.3 is 9.30 Å². The van der Waals surface area contributed by atoms with Crippen LogP contribution in [0.25, 0.3) is 0 Å². The van der Waals surface area contributed by atoms with Gasteiger partial charge >= 0.3 is 0 Å². The molecule has 5 fully saturated rings. The molecule has 4 bridgehead atoms. The zero-order valence-electron chi connectivity index (χ0n) is 15.1. The summed E-state index contributed by atoms with van der Waals surface area (Å²) in [7, 11) is 0. The molecule has 6 rings (SSSR count). The molecule has 1 aliphatic heterocycles. The lowest BCUT2D eigenvalue weighted by Gasteiger charge is -2.56. The number of rotatable bonds is 5. The van der Waals surface area contributed by atoms with Crippen molar-refractivity contribution < 1.29 is 4.74 Å². The minimum absolute atomic E-state index is 0.321. The summed E-state index contributed by atoms with van der Waals surface area (Å²) in [6.45, 7) is 6.03. The lowest BCUT2D eigenvalue weighted by molar-refractivity contribution is -0.0113. The van der Waals surface area contributed by atoms with Crippen molar-refractivity contribution in [3.8, 4) is 0 Å². The van der Waals surface area contributed by atoms with E-state index in [4.69, 9.17) is 22.1 Å². The Balaban J connectivity index is 1.32. The van der Waals surface area contributed by atoms with Gasteiger partial charge in [-0.25, -0.2) is 0 Å². The number of aromatic nitrogens is 3. The number of morpholine rings is 1. The van der Waals surface area contributed by atoms with Crippen molar-refractivity contribution >= 4 is 12.2 Å². The first-order chi connectivity index (χ1) is 12.2. The lowest BCUT2D eigenvalue weighted by atomic mass is 9.49. The Morgan fingerprint density at radius 2 is 1.68 bits per heavy atom. The van der Waals surface area contributed by atoms with E-state index in [9.17, 15) is 0 Å². The van der Waals surface area contributed by atoms with E-state index in [-0.39, 0.29) is 0 Å². The fourth-order valence-electron chi connectivity index (χ4n) is 6.59. The summed E-state index contributed by atoms with van der Waals surface area (Å²) in [6, 6.07) is 0. The summed E-state index contributed by atoms with van der Waals surface area (Å²) in [6.07, 6.45) is 9.61. The zero-order chi connectivity index (χ0) is 16.9. The van der Waals surface area contributed by atoms with E-state index in [0.29, 0.717) is 5.41 Å². The van der Waals surface area contributed by atoms with Crippen LogP contribution in [-0.4, -0.2) is 52.5 Å². The highest BCUT2D eigenvalue weighted by atomic mass is 32.1. The van der Waals surface area contributed by atoms with Gasteiger partial charge in [-0.15, -0.1) is 0 Å². The van der Waals surface area contributed by atoms with Gasteiger partial charge in [0, 0.05) is 31.6 Å². The predicted octanol–water partition coefficient (Wildman–Crippen LogP) is 3.13. The molecule has 138 valence electrons. The SMILES string of the molecule is S=c1[nH]nc(C23CC4CC(CC(C4)C2)C3)n1CCCN1CCOCC1. The van der Waals surface area contributed by atoms with Gasteiger partial charge in [0.25, 0.3) is 0 Å². The predicted molar refractivity (Wildman–Crippen MR) is 99.1 cm³/mol. The largest absolute Gasteiger partial charge is 0.379 e. The van der Waals surface area contributed by atoms with Crippen LogP contribution in [0.5, 0.6) is 0 Å². The Bertz CT molecular complexity index is 640. The molecule has 0 aromatic carbocycles. The van der Waals surface area contributed by atoms with Crippen molar-refractivity contribution in [2.75, 3.05) is 32.8 Å². The molecule has 5 nitrogen and oxygen atoms in total. The Kier molecular flexibility index (Phi) is 4.25. The minimum Gasteiger partial charge on any atom is -0.379 e. The lowest BCUT2D eigenvalue weighted by Crippen LogP contribution is -2.49. The second kappa shape index (κ2) is 6.46. The molecule has 1 saturated heterocycles. The van der Waals surface area contributed by atoms with E-state index in [1.165, 1.54) is 44.3 Å². The van der Waals surface area contributed by atoms with Crippen LogP contribution in [0.4, 0.5) is 0 Å². The van der Waals surface area contributed by atoms with Gasteiger partial charge in [-0.05, 0) is 74.9 Å². The zero-order valence-corrected chi connectivity index (χ0v) is 15.9. The Hall–Kier alpha value is -0.720. The van der Waals surface area contributed by atoms with Crippen molar-refractivity contribution in [1.82, 2.24) is 19.7 Å². The van der Waals surface area contributed by atoms with E-state index in [1.54, 1.807) is 0 Å². The smallest absolute Gasteiger partial charge is 0.195 e. The summed E-state index contributed by atoms with van der Waals surface area (Å²) >= 11 is 5.61. The normalized spacial score (nSPS) is 37.7. The van der Waals surface area contributed by atoms with Crippen LogP contribution in [0.1, 0.15) is 50.8 Å². The van der Waals surface area contributed by atoms with Gasteiger partial charge in [0.05, 0.1) is 13.2 Å². The molecule has 6 heteroatoms. The van der Waals surface area contributed by atoms with Gasteiger partial charge in [-0.2, -0.15) is 5.10 Å². The fraction of sp³-hybridized carbons (Fsp3) is 0.895. The molecule has 1 aromatic rings. The first-order valence-corrected chi connectivity index (χ1v) is 10.6.